The fourth-order valence-electron chi connectivity index (χ4n) is 3.10. The lowest BCUT2D eigenvalue weighted by Crippen LogP contribution is -2.42. The minimum Gasteiger partial charge on any atom is -0.497 e. The SMILES string of the molecule is COc1cccc(-c2noc(C3CN(S(=O)(=O)c4ccc(C)cc4)CCO3)n2)c1. The zero-order valence-corrected chi connectivity index (χ0v) is 16.9. The monoisotopic (exact) mass is 415 g/mol. The minimum atomic E-state index is -3.63. The van der Waals surface area contributed by atoms with Gasteiger partial charge in [0.05, 0.1) is 18.6 Å². The Morgan fingerprint density at radius 3 is 2.72 bits per heavy atom. The molecule has 1 fully saturated rings. The number of hydrogen-bond donors (Lipinski definition) is 0. The van der Waals surface area contributed by atoms with E-state index in [0.29, 0.717) is 11.6 Å². The van der Waals surface area contributed by atoms with Crippen LogP contribution in [0.1, 0.15) is 17.6 Å². The molecule has 0 radical (unpaired) electrons. The Morgan fingerprint density at radius 1 is 1.17 bits per heavy atom. The van der Waals surface area contributed by atoms with Gasteiger partial charge in [-0.25, -0.2) is 8.42 Å². The Hall–Kier alpha value is -2.75. The van der Waals surface area contributed by atoms with E-state index < -0.39 is 16.1 Å². The third-order valence-corrected chi connectivity index (χ3v) is 6.61. The third-order valence-electron chi connectivity index (χ3n) is 4.73. The van der Waals surface area contributed by atoms with Crippen LogP contribution in [0.4, 0.5) is 0 Å². The van der Waals surface area contributed by atoms with E-state index in [2.05, 4.69) is 10.1 Å². The molecular weight excluding hydrogens is 394 g/mol. The second-order valence-corrected chi connectivity index (χ2v) is 8.66. The quantitative estimate of drug-likeness (QED) is 0.632. The summed E-state index contributed by atoms with van der Waals surface area (Å²) in [7, 11) is -2.04. The van der Waals surface area contributed by atoms with Crippen molar-refractivity contribution in [1.82, 2.24) is 14.4 Å². The lowest BCUT2D eigenvalue weighted by Gasteiger charge is -2.30. The highest BCUT2D eigenvalue weighted by Gasteiger charge is 2.34. The average molecular weight is 415 g/mol. The van der Waals surface area contributed by atoms with Gasteiger partial charge in [-0.2, -0.15) is 9.29 Å². The molecule has 1 aliphatic rings. The molecule has 4 rings (SSSR count). The average Bonchev–Trinajstić information content (AvgIpc) is 3.25. The summed E-state index contributed by atoms with van der Waals surface area (Å²) in [6.45, 7) is 2.53. The molecule has 2 heterocycles. The van der Waals surface area contributed by atoms with Crippen LogP contribution < -0.4 is 4.74 Å². The van der Waals surface area contributed by atoms with Gasteiger partial charge in [-0.3, -0.25) is 0 Å². The van der Waals surface area contributed by atoms with Crippen molar-refractivity contribution >= 4 is 10.0 Å². The van der Waals surface area contributed by atoms with Crippen molar-refractivity contribution < 1.29 is 22.4 Å². The summed E-state index contributed by atoms with van der Waals surface area (Å²) in [5, 5.41) is 4.00. The van der Waals surface area contributed by atoms with Gasteiger partial charge in [-0.15, -0.1) is 0 Å². The molecule has 0 aliphatic carbocycles. The Morgan fingerprint density at radius 2 is 1.97 bits per heavy atom. The van der Waals surface area contributed by atoms with E-state index >= 15 is 0 Å². The summed E-state index contributed by atoms with van der Waals surface area (Å²) in [6, 6.07) is 14.1. The van der Waals surface area contributed by atoms with Crippen molar-refractivity contribution in [3.63, 3.8) is 0 Å². The Balaban J connectivity index is 1.54. The zero-order valence-electron chi connectivity index (χ0n) is 16.1. The smallest absolute Gasteiger partial charge is 0.257 e. The van der Waals surface area contributed by atoms with Crippen LogP contribution in [0.3, 0.4) is 0 Å². The molecule has 0 amide bonds. The topological polar surface area (TPSA) is 94.8 Å². The van der Waals surface area contributed by atoms with Crippen molar-refractivity contribution in [2.45, 2.75) is 17.9 Å². The van der Waals surface area contributed by atoms with Gasteiger partial charge in [-0.1, -0.05) is 35.0 Å². The van der Waals surface area contributed by atoms with Crippen molar-refractivity contribution in [1.29, 1.82) is 0 Å². The molecule has 0 bridgehead atoms. The normalized spacial score (nSPS) is 17.9. The second-order valence-electron chi connectivity index (χ2n) is 6.72. The van der Waals surface area contributed by atoms with Gasteiger partial charge in [0, 0.05) is 18.7 Å². The van der Waals surface area contributed by atoms with E-state index in [1.54, 1.807) is 37.4 Å². The molecular formula is C20H21N3O5S. The van der Waals surface area contributed by atoms with Crippen LogP contribution in [0.2, 0.25) is 0 Å². The van der Waals surface area contributed by atoms with Gasteiger partial charge in [0.15, 0.2) is 6.10 Å². The molecule has 29 heavy (non-hydrogen) atoms. The van der Waals surface area contributed by atoms with E-state index in [-0.39, 0.29) is 30.5 Å². The van der Waals surface area contributed by atoms with Crippen molar-refractivity contribution in [2.75, 3.05) is 26.8 Å². The van der Waals surface area contributed by atoms with Crippen molar-refractivity contribution in [3.05, 3.63) is 60.0 Å². The number of aryl methyl sites for hydroxylation is 1. The molecule has 0 N–H and O–H groups in total. The summed E-state index contributed by atoms with van der Waals surface area (Å²) in [6.07, 6.45) is -0.629. The van der Waals surface area contributed by atoms with Crippen molar-refractivity contribution in [2.24, 2.45) is 0 Å². The zero-order chi connectivity index (χ0) is 20.4. The van der Waals surface area contributed by atoms with Crippen LogP contribution in [0.15, 0.2) is 57.9 Å². The van der Waals surface area contributed by atoms with Gasteiger partial charge in [0.1, 0.15) is 5.75 Å². The van der Waals surface area contributed by atoms with Crippen LogP contribution in [0, 0.1) is 6.92 Å². The lowest BCUT2D eigenvalue weighted by molar-refractivity contribution is -0.0199. The summed E-state index contributed by atoms with van der Waals surface area (Å²) in [4.78, 5) is 4.66. The van der Waals surface area contributed by atoms with Gasteiger partial charge in [0.2, 0.25) is 15.8 Å². The molecule has 0 spiro atoms. The number of morpholine rings is 1. The maximum atomic E-state index is 13.0. The second kappa shape index (κ2) is 7.94. The highest BCUT2D eigenvalue weighted by Crippen LogP contribution is 2.28. The summed E-state index contributed by atoms with van der Waals surface area (Å²) < 4.78 is 43.6. The number of nitrogens with zero attached hydrogens (tertiary/aromatic N) is 3. The number of benzene rings is 2. The number of rotatable bonds is 5. The van der Waals surface area contributed by atoms with Crippen LogP contribution >= 0.6 is 0 Å². The van der Waals surface area contributed by atoms with Crippen LogP contribution in [0.25, 0.3) is 11.4 Å². The van der Waals surface area contributed by atoms with E-state index in [9.17, 15) is 8.42 Å². The van der Waals surface area contributed by atoms with Gasteiger partial charge in [-0.05, 0) is 31.2 Å². The number of methoxy groups -OCH3 is 1. The van der Waals surface area contributed by atoms with Gasteiger partial charge in [0.25, 0.3) is 5.89 Å². The van der Waals surface area contributed by atoms with E-state index in [1.165, 1.54) is 4.31 Å². The van der Waals surface area contributed by atoms with E-state index in [4.69, 9.17) is 14.0 Å². The highest BCUT2D eigenvalue weighted by molar-refractivity contribution is 7.89. The first-order chi connectivity index (χ1) is 14.0. The summed E-state index contributed by atoms with van der Waals surface area (Å²) in [5.41, 5.74) is 1.74. The highest BCUT2D eigenvalue weighted by atomic mass is 32.2. The molecule has 2 aromatic carbocycles. The van der Waals surface area contributed by atoms with Crippen molar-refractivity contribution in [3.8, 4) is 17.1 Å². The largest absolute Gasteiger partial charge is 0.497 e. The number of hydrogen-bond acceptors (Lipinski definition) is 7. The summed E-state index contributed by atoms with van der Waals surface area (Å²) in [5.74, 6) is 1.31. The molecule has 1 aliphatic heterocycles. The summed E-state index contributed by atoms with van der Waals surface area (Å²) >= 11 is 0. The molecule has 1 atom stereocenters. The van der Waals surface area contributed by atoms with Gasteiger partial charge >= 0.3 is 0 Å². The molecule has 9 heteroatoms. The first kappa shape index (κ1) is 19.6. The predicted octanol–water partition coefficient (Wildman–Crippen LogP) is 2.82. The molecule has 1 aromatic heterocycles. The first-order valence-electron chi connectivity index (χ1n) is 9.14. The number of aromatic nitrogens is 2. The number of sulfonamides is 1. The minimum absolute atomic E-state index is 0.107. The molecule has 8 nitrogen and oxygen atoms in total. The van der Waals surface area contributed by atoms with Crippen LogP contribution in [0.5, 0.6) is 5.75 Å². The molecule has 1 saturated heterocycles. The van der Waals surface area contributed by atoms with Crippen LogP contribution in [-0.4, -0.2) is 49.7 Å². The Bertz CT molecular complexity index is 1100. The van der Waals surface area contributed by atoms with E-state index in [1.807, 2.05) is 25.1 Å². The van der Waals surface area contributed by atoms with Gasteiger partial charge < -0.3 is 14.0 Å². The number of ether oxygens (including phenoxy) is 2. The fraction of sp³-hybridized carbons (Fsp3) is 0.300. The molecule has 1 unspecified atom stereocenters. The molecule has 0 saturated carbocycles. The maximum absolute atomic E-state index is 13.0. The predicted molar refractivity (Wildman–Crippen MR) is 105 cm³/mol. The maximum Gasteiger partial charge on any atom is 0.257 e. The van der Waals surface area contributed by atoms with E-state index in [0.717, 1.165) is 11.1 Å². The molecule has 152 valence electrons. The first-order valence-corrected chi connectivity index (χ1v) is 10.6. The lowest BCUT2D eigenvalue weighted by atomic mass is 10.2. The standard InChI is InChI=1S/C20H21N3O5S/c1-14-6-8-17(9-7-14)29(24,25)23-10-11-27-18(13-23)20-21-19(22-28-20)15-4-3-5-16(12-15)26-2/h3-9,12,18H,10-11,13H2,1-2H3. The van der Waals surface area contributed by atoms with Crippen LogP contribution in [-0.2, 0) is 14.8 Å². The Labute approximate surface area is 169 Å². The molecule has 3 aromatic rings. The fourth-order valence-corrected chi connectivity index (χ4v) is 4.52. The Kier molecular flexibility index (Phi) is 5.35. The third kappa shape index (κ3) is 4.02.